The maximum absolute atomic E-state index is 11.6. The van der Waals surface area contributed by atoms with E-state index in [0.29, 0.717) is 16.6 Å². The number of nitrogens with one attached hydrogen (secondary N) is 3. The molecule has 17 heavy (non-hydrogen) atoms. The molecule has 0 aliphatic heterocycles. The van der Waals surface area contributed by atoms with Crippen LogP contribution in [0.2, 0.25) is 0 Å². The van der Waals surface area contributed by atoms with Crippen molar-refractivity contribution in [2.75, 3.05) is 6.54 Å². The average molecular weight is 252 g/mol. The van der Waals surface area contributed by atoms with Crippen molar-refractivity contribution in [2.24, 2.45) is 5.92 Å². The van der Waals surface area contributed by atoms with Gasteiger partial charge in [-0.05, 0) is 30.3 Å². The van der Waals surface area contributed by atoms with Crippen molar-refractivity contribution in [3.8, 4) is 0 Å². The van der Waals surface area contributed by atoms with Crippen molar-refractivity contribution < 1.29 is 4.79 Å². The Morgan fingerprint density at radius 3 is 2.82 bits per heavy atom. The summed E-state index contributed by atoms with van der Waals surface area (Å²) in [6, 6.07) is 3.37. The number of pyridine rings is 1. The number of rotatable bonds is 3. The molecule has 5 nitrogen and oxygen atoms in total. The minimum atomic E-state index is -0.271. The molecule has 0 spiro atoms. The summed E-state index contributed by atoms with van der Waals surface area (Å²) in [6.07, 6.45) is 3.10. The summed E-state index contributed by atoms with van der Waals surface area (Å²) >= 11 is 4.99. The zero-order chi connectivity index (χ0) is 12.7. The lowest BCUT2D eigenvalue weighted by atomic mass is 10.2. The van der Waals surface area contributed by atoms with E-state index in [1.807, 2.05) is 0 Å². The van der Waals surface area contributed by atoms with Crippen molar-refractivity contribution in [3.05, 3.63) is 30.1 Å². The SMILES string of the molecule is CC(C)CNC(=S)NNC(=O)c1cccnc1. The lowest BCUT2D eigenvalue weighted by Gasteiger charge is -2.12. The molecule has 3 N–H and O–H groups in total. The summed E-state index contributed by atoms with van der Waals surface area (Å²) in [5.74, 6) is 0.218. The molecule has 92 valence electrons. The lowest BCUT2D eigenvalue weighted by molar-refractivity contribution is 0.0943. The first kappa shape index (κ1) is 13.4. The third-order valence-electron chi connectivity index (χ3n) is 1.88. The van der Waals surface area contributed by atoms with Crippen LogP contribution in [0.5, 0.6) is 0 Å². The summed E-state index contributed by atoms with van der Waals surface area (Å²) in [4.78, 5) is 15.4. The molecule has 0 bridgehead atoms. The molecule has 0 fully saturated rings. The normalized spacial score (nSPS) is 9.82. The zero-order valence-corrected chi connectivity index (χ0v) is 10.7. The Balaban J connectivity index is 2.31. The molecule has 0 aliphatic rings. The molecule has 0 atom stereocenters. The van der Waals surface area contributed by atoms with Gasteiger partial charge in [0.1, 0.15) is 0 Å². The Bertz CT molecular complexity index is 380. The van der Waals surface area contributed by atoms with E-state index in [9.17, 15) is 4.79 Å². The van der Waals surface area contributed by atoms with Crippen LogP contribution in [-0.4, -0.2) is 22.5 Å². The summed E-state index contributed by atoms with van der Waals surface area (Å²) in [7, 11) is 0. The van der Waals surface area contributed by atoms with E-state index in [4.69, 9.17) is 12.2 Å². The van der Waals surface area contributed by atoms with Gasteiger partial charge in [0.2, 0.25) is 0 Å². The second-order valence-corrected chi connectivity index (χ2v) is 4.33. The Hall–Kier alpha value is -1.69. The summed E-state index contributed by atoms with van der Waals surface area (Å²) in [5, 5.41) is 3.38. The first-order valence-corrected chi connectivity index (χ1v) is 5.74. The molecule has 1 aromatic rings. The van der Waals surface area contributed by atoms with Crippen LogP contribution in [0, 0.1) is 5.92 Å². The minimum absolute atomic E-state index is 0.271. The molecule has 0 saturated heterocycles. The third-order valence-corrected chi connectivity index (χ3v) is 2.13. The van der Waals surface area contributed by atoms with Crippen LogP contribution in [0.1, 0.15) is 24.2 Å². The first-order valence-electron chi connectivity index (χ1n) is 5.34. The van der Waals surface area contributed by atoms with Gasteiger partial charge in [0, 0.05) is 18.9 Å². The lowest BCUT2D eigenvalue weighted by Crippen LogP contribution is -2.47. The van der Waals surface area contributed by atoms with E-state index < -0.39 is 0 Å². The summed E-state index contributed by atoms with van der Waals surface area (Å²) in [6.45, 7) is 4.91. The Kier molecular flexibility index (Phi) is 5.35. The van der Waals surface area contributed by atoms with Gasteiger partial charge in [-0.25, -0.2) is 0 Å². The maximum atomic E-state index is 11.6. The zero-order valence-electron chi connectivity index (χ0n) is 9.86. The standard InChI is InChI=1S/C11H16N4OS/c1-8(2)6-13-11(17)15-14-10(16)9-4-3-5-12-7-9/h3-5,7-8H,6H2,1-2H3,(H,14,16)(H2,13,15,17). The molecule has 6 heteroatoms. The van der Waals surface area contributed by atoms with E-state index in [2.05, 4.69) is 35.0 Å². The second-order valence-electron chi connectivity index (χ2n) is 3.92. The van der Waals surface area contributed by atoms with Crippen molar-refractivity contribution in [2.45, 2.75) is 13.8 Å². The van der Waals surface area contributed by atoms with Crippen molar-refractivity contribution >= 4 is 23.2 Å². The maximum Gasteiger partial charge on any atom is 0.271 e. The molecular formula is C11H16N4OS. The molecule has 1 aromatic heterocycles. The molecular weight excluding hydrogens is 236 g/mol. The van der Waals surface area contributed by atoms with Crippen molar-refractivity contribution in [3.63, 3.8) is 0 Å². The molecule has 0 radical (unpaired) electrons. The van der Waals surface area contributed by atoms with Gasteiger partial charge in [-0.2, -0.15) is 0 Å². The highest BCUT2D eigenvalue weighted by atomic mass is 32.1. The van der Waals surface area contributed by atoms with Crippen LogP contribution >= 0.6 is 12.2 Å². The second kappa shape index (κ2) is 6.80. The van der Waals surface area contributed by atoms with Gasteiger partial charge in [-0.3, -0.25) is 20.6 Å². The van der Waals surface area contributed by atoms with Crippen LogP contribution < -0.4 is 16.2 Å². The van der Waals surface area contributed by atoms with Gasteiger partial charge in [0.25, 0.3) is 5.91 Å². The highest BCUT2D eigenvalue weighted by Crippen LogP contribution is 1.93. The van der Waals surface area contributed by atoms with E-state index >= 15 is 0 Å². The quantitative estimate of drug-likeness (QED) is 0.550. The van der Waals surface area contributed by atoms with Crippen LogP contribution in [0.15, 0.2) is 24.5 Å². The highest BCUT2D eigenvalue weighted by molar-refractivity contribution is 7.80. The number of carbonyl (C=O) groups is 1. The minimum Gasteiger partial charge on any atom is -0.361 e. The number of aromatic nitrogens is 1. The molecule has 1 rings (SSSR count). The fraction of sp³-hybridized carbons (Fsp3) is 0.364. The number of hydrogen-bond acceptors (Lipinski definition) is 3. The van der Waals surface area contributed by atoms with E-state index in [0.717, 1.165) is 6.54 Å². The predicted molar refractivity (Wildman–Crippen MR) is 70.3 cm³/mol. The fourth-order valence-electron chi connectivity index (χ4n) is 1.02. The first-order chi connectivity index (χ1) is 8.09. The number of amides is 1. The Morgan fingerprint density at radius 1 is 1.47 bits per heavy atom. The third kappa shape index (κ3) is 5.26. The van der Waals surface area contributed by atoms with Crippen molar-refractivity contribution in [1.29, 1.82) is 0 Å². The van der Waals surface area contributed by atoms with E-state index in [1.54, 1.807) is 18.3 Å². The van der Waals surface area contributed by atoms with Crippen LogP contribution in [0.4, 0.5) is 0 Å². The molecule has 0 unspecified atom stereocenters. The predicted octanol–water partition coefficient (Wildman–Crippen LogP) is 0.846. The van der Waals surface area contributed by atoms with Gasteiger partial charge in [0.15, 0.2) is 5.11 Å². The number of thiocarbonyl (C=S) groups is 1. The Morgan fingerprint density at radius 2 is 2.24 bits per heavy atom. The van der Waals surface area contributed by atoms with Crippen LogP contribution in [-0.2, 0) is 0 Å². The van der Waals surface area contributed by atoms with Crippen LogP contribution in [0.3, 0.4) is 0 Å². The topological polar surface area (TPSA) is 66.0 Å². The Labute approximate surface area is 106 Å². The van der Waals surface area contributed by atoms with Gasteiger partial charge in [0.05, 0.1) is 5.56 Å². The number of nitrogens with zero attached hydrogens (tertiary/aromatic N) is 1. The monoisotopic (exact) mass is 252 g/mol. The largest absolute Gasteiger partial charge is 0.361 e. The smallest absolute Gasteiger partial charge is 0.271 e. The average Bonchev–Trinajstić information content (AvgIpc) is 2.34. The molecule has 1 amide bonds. The van der Waals surface area contributed by atoms with Gasteiger partial charge in [-0.15, -0.1) is 0 Å². The summed E-state index contributed by atoms with van der Waals surface area (Å²) in [5.41, 5.74) is 5.60. The van der Waals surface area contributed by atoms with Gasteiger partial charge in [-0.1, -0.05) is 13.8 Å². The fourth-order valence-corrected chi connectivity index (χ4v) is 1.16. The molecule has 0 aliphatic carbocycles. The number of carbonyl (C=O) groups excluding carboxylic acids is 1. The van der Waals surface area contributed by atoms with Crippen molar-refractivity contribution in [1.82, 2.24) is 21.2 Å². The van der Waals surface area contributed by atoms with Crippen LogP contribution in [0.25, 0.3) is 0 Å². The van der Waals surface area contributed by atoms with Gasteiger partial charge < -0.3 is 5.32 Å². The number of hydrogen-bond donors (Lipinski definition) is 3. The van der Waals surface area contributed by atoms with E-state index in [1.165, 1.54) is 6.20 Å². The summed E-state index contributed by atoms with van der Waals surface area (Å²) < 4.78 is 0. The van der Waals surface area contributed by atoms with E-state index in [-0.39, 0.29) is 5.91 Å². The highest BCUT2D eigenvalue weighted by Gasteiger charge is 2.04. The number of hydrazine groups is 1. The molecule has 0 saturated carbocycles. The van der Waals surface area contributed by atoms with Gasteiger partial charge >= 0.3 is 0 Å². The molecule has 0 aromatic carbocycles. The molecule has 1 heterocycles.